The fourth-order valence-electron chi connectivity index (χ4n) is 2.24. The average Bonchev–Trinajstić information content (AvgIpc) is 2.47. The molecule has 0 unspecified atom stereocenters. The fourth-order valence-corrected chi connectivity index (χ4v) is 2.34. The summed E-state index contributed by atoms with van der Waals surface area (Å²) in [7, 11) is 0. The summed E-state index contributed by atoms with van der Waals surface area (Å²) in [6, 6.07) is 6.78. The Morgan fingerprint density at radius 1 is 1.15 bits per heavy atom. The first kappa shape index (κ1) is 15.2. The molecule has 1 aliphatic heterocycles. The van der Waals surface area contributed by atoms with Crippen molar-refractivity contribution in [3.05, 3.63) is 29.8 Å². The van der Waals surface area contributed by atoms with Gasteiger partial charge in [0.1, 0.15) is 30.5 Å². The largest absolute Gasteiger partial charge is 0.394 e. The molecule has 0 saturated carbocycles. The molecule has 20 heavy (non-hydrogen) atoms. The second kappa shape index (κ2) is 6.51. The van der Waals surface area contributed by atoms with E-state index in [-0.39, 0.29) is 0 Å². The van der Waals surface area contributed by atoms with Crippen LogP contribution in [0.2, 0.25) is 0 Å². The van der Waals surface area contributed by atoms with Crippen molar-refractivity contribution in [2.45, 2.75) is 30.5 Å². The first-order chi connectivity index (χ1) is 9.60. The lowest BCUT2D eigenvalue weighted by Gasteiger charge is -2.40. The molecule has 0 aliphatic carbocycles. The Labute approximate surface area is 121 Å². The lowest BCUT2D eigenvalue weighted by atomic mass is 9.90. The first-order valence-corrected chi connectivity index (χ1v) is 6.48. The van der Waals surface area contributed by atoms with Crippen molar-refractivity contribution in [1.29, 1.82) is 0 Å². The minimum Gasteiger partial charge on any atom is -0.394 e. The third-order valence-corrected chi connectivity index (χ3v) is 3.39. The quantitative estimate of drug-likeness (QED) is 0.460. The predicted octanol–water partition coefficient (Wildman–Crippen LogP) is -0.0642. The van der Waals surface area contributed by atoms with E-state index in [1.165, 1.54) is 0 Å². The lowest BCUT2D eigenvalue weighted by Crippen LogP contribution is -2.55. The van der Waals surface area contributed by atoms with Gasteiger partial charge in [0.05, 0.1) is 17.5 Å². The van der Waals surface area contributed by atoms with Crippen LogP contribution in [0.25, 0.3) is 0 Å². The molecule has 0 radical (unpaired) electrons. The molecule has 1 aromatic rings. The Balaban J connectivity index is 2.38. The van der Waals surface area contributed by atoms with E-state index in [0.29, 0.717) is 11.3 Å². The topological polar surface area (TPSA) is 103 Å². The number of rotatable bonds is 3. The van der Waals surface area contributed by atoms with Crippen LogP contribution in [-0.4, -0.2) is 56.6 Å². The molecular weight excluding hydrogens is 282 g/mol. The monoisotopic (exact) mass is 297 g/mol. The molecule has 1 aliphatic rings. The normalized spacial score (nSPS) is 33.5. The number of benzene rings is 1. The van der Waals surface area contributed by atoms with Gasteiger partial charge >= 0.3 is 0 Å². The van der Waals surface area contributed by atoms with E-state index in [1.807, 2.05) is 0 Å². The van der Waals surface area contributed by atoms with Gasteiger partial charge < -0.3 is 25.2 Å². The minimum atomic E-state index is -1.42. The van der Waals surface area contributed by atoms with Gasteiger partial charge in [-0.05, 0) is 18.3 Å². The second-order valence-electron chi connectivity index (χ2n) is 4.51. The van der Waals surface area contributed by atoms with Crippen LogP contribution in [0.15, 0.2) is 29.3 Å². The predicted molar refractivity (Wildman–Crippen MR) is 73.8 cm³/mol. The Morgan fingerprint density at radius 3 is 2.50 bits per heavy atom. The van der Waals surface area contributed by atoms with Crippen LogP contribution < -0.4 is 0 Å². The summed E-state index contributed by atoms with van der Waals surface area (Å²) in [6.45, 7) is -0.472. The zero-order valence-electron chi connectivity index (χ0n) is 10.5. The second-order valence-corrected chi connectivity index (χ2v) is 4.69. The van der Waals surface area contributed by atoms with Crippen LogP contribution in [0, 0.1) is 0 Å². The summed E-state index contributed by atoms with van der Waals surface area (Å²) in [5, 5.41) is 41.0. The molecule has 1 fully saturated rings. The number of hydrogen-bond acceptors (Lipinski definition) is 7. The molecule has 5 atom stereocenters. The van der Waals surface area contributed by atoms with Gasteiger partial charge in [-0.15, -0.1) is 0 Å². The maximum absolute atomic E-state index is 10.1. The molecule has 1 aromatic carbocycles. The van der Waals surface area contributed by atoms with Crippen molar-refractivity contribution in [2.75, 3.05) is 6.61 Å². The summed E-state index contributed by atoms with van der Waals surface area (Å²) >= 11 is 4.56. The van der Waals surface area contributed by atoms with E-state index in [1.54, 1.807) is 24.3 Å². The number of nitrogens with zero attached hydrogens (tertiary/aromatic N) is 1. The zero-order chi connectivity index (χ0) is 14.7. The number of ether oxygens (including phenoxy) is 1. The Hall–Kier alpha value is -1.18. The van der Waals surface area contributed by atoms with Gasteiger partial charge in [0, 0.05) is 5.56 Å². The maximum Gasteiger partial charge on any atom is 0.114 e. The summed E-state index contributed by atoms with van der Waals surface area (Å²) in [5.74, 6) is 0. The van der Waals surface area contributed by atoms with Crippen LogP contribution in [0.5, 0.6) is 0 Å². The molecule has 0 amide bonds. The van der Waals surface area contributed by atoms with E-state index in [9.17, 15) is 20.4 Å². The van der Waals surface area contributed by atoms with Gasteiger partial charge in [0.2, 0.25) is 0 Å². The van der Waals surface area contributed by atoms with Crippen molar-refractivity contribution < 1.29 is 25.2 Å². The summed E-state index contributed by atoms with van der Waals surface area (Å²) in [5.41, 5.74) is 0.952. The maximum atomic E-state index is 10.1. The molecule has 1 saturated heterocycles. The average molecular weight is 297 g/mol. The van der Waals surface area contributed by atoms with E-state index >= 15 is 0 Å². The number of thiocarbonyl (C=S) groups is 1. The number of aliphatic imine (C=N–C) groups is 1. The van der Waals surface area contributed by atoms with Gasteiger partial charge in [-0.25, -0.2) is 0 Å². The fraction of sp³-hybridized carbons (Fsp3) is 0.462. The highest BCUT2D eigenvalue weighted by atomic mass is 32.1. The van der Waals surface area contributed by atoms with Crippen molar-refractivity contribution in [1.82, 2.24) is 0 Å². The molecule has 2 rings (SSSR count). The highest BCUT2D eigenvalue weighted by molar-refractivity contribution is 7.78. The molecule has 1 heterocycles. The van der Waals surface area contributed by atoms with Gasteiger partial charge in [-0.1, -0.05) is 18.2 Å². The van der Waals surface area contributed by atoms with Gasteiger partial charge in [0.15, 0.2) is 0 Å². The van der Waals surface area contributed by atoms with Crippen LogP contribution in [-0.2, 0) is 4.74 Å². The Morgan fingerprint density at radius 2 is 1.85 bits per heavy atom. The standard InChI is InChI=1S/C13H15NO5S/c15-5-9-10(16)11(17)12(18)13(19-9)7-3-1-2-4-8(7)14-6-20/h1-4,9-13,15-18H,5H2/t9-,10+,11+,12-,13-/m1/s1. The molecule has 0 bridgehead atoms. The minimum absolute atomic E-state index is 0.451. The molecule has 6 nitrogen and oxygen atoms in total. The third kappa shape index (κ3) is 2.79. The van der Waals surface area contributed by atoms with E-state index < -0.39 is 37.1 Å². The highest BCUT2D eigenvalue weighted by Gasteiger charge is 2.44. The van der Waals surface area contributed by atoms with Gasteiger partial charge in [0.25, 0.3) is 0 Å². The van der Waals surface area contributed by atoms with Crippen LogP contribution in [0.3, 0.4) is 0 Å². The summed E-state index contributed by atoms with van der Waals surface area (Å²) in [6.07, 6.45) is -6.02. The summed E-state index contributed by atoms with van der Waals surface area (Å²) < 4.78 is 5.47. The van der Waals surface area contributed by atoms with Crippen LogP contribution >= 0.6 is 12.2 Å². The van der Waals surface area contributed by atoms with Crippen molar-refractivity contribution in [3.63, 3.8) is 0 Å². The highest BCUT2D eigenvalue weighted by Crippen LogP contribution is 2.36. The molecule has 0 aromatic heterocycles. The Kier molecular flexibility index (Phi) is 4.95. The Bertz CT molecular complexity index is 517. The van der Waals surface area contributed by atoms with Crippen LogP contribution in [0.1, 0.15) is 11.7 Å². The number of aliphatic hydroxyl groups excluding tert-OH is 4. The van der Waals surface area contributed by atoms with Crippen molar-refractivity contribution in [2.24, 2.45) is 4.99 Å². The molecule has 0 spiro atoms. The van der Waals surface area contributed by atoms with Crippen molar-refractivity contribution >= 4 is 23.1 Å². The van der Waals surface area contributed by atoms with E-state index in [2.05, 4.69) is 22.4 Å². The smallest absolute Gasteiger partial charge is 0.114 e. The van der Waals surface area contributed by atoms with Gasteiger partial charge in [-0.2, -0.15) is 4.99 Å². The van der Waals surface area contributed by atoms with E-state index in [0.717, 1.165) is 0 Å². The van der Waals surface area contributed by atoms with Crippen LogP contribution in [0.4, 0.5) is 5.69 Å². The lowest BCUT2D eigenvalue weighted by molar-refractivity contribution is -0.231. The summed E-state index contributed by atoms with van der Waals surface area (Å²) in [4.78, 5) is 3.88. The molecule has 108 valence electrons. The number of aliphatic hydroxyl groups is 4. The number of hydrogen-bond donors (Lipinski definition) is 4. The third-order valence-electron chi connectivity index (χ3n) is 3.30. The van der Waals surface area contributed by atoms with Crippen molar-refractivity contribution in [3.8, 4) is 0 Å². The first-order valence-electron chi connectivity index (χ1n) is 6.07. The number of para-hydroxylation sites is 1. The van der Waals surface area contributed by atoms with Gasteiger partial charge in [-0.3, -0.25) is 0 Å². The molecular formula is C13H15NO5S. The van der Waals surface area contributed by atoms with E-state index in [4.69, 9.17) is 4.74 Å². The number of isothiocyanates is 1. The zero-order valence-corrected chi connectivity index (χ0v) is 11.3. The molecule has 4 N–H and O–H groups in total. The molecule has 7 heteroatoms. The SMILES string of the molecule is OC[C@H]1O[C@H](c2ccccc2N=C=S)[C@H](O)[C@@H](O)[C@H]1O.